The number of aromatic nitrogens is 5. The summed E-state index contributed by atoms with van der Waals surface area (Å²) in [4.78, 5) is 25.5. The van der Waals surface area contributed by atoms with Gasteiger partial charge in [0, 0.05) is 17.1 Å². The first kappa shape index (κ1) is 19.6. The van der Waals surface area contributed by atoms with E-state index in [2.05, 4.69) is 39.2 Å². The molecule has 1 fully saturated rings. The van der Waals surface area contributed by atoms with Gasteiger partial charge in [0.1, 0.15) is 12.9 Å². The van der Waals surface area contributed by atoms with Crippen molar-refractivity contribution in [2.24, 2.45) is 5.92 Å². The van der Waals surface area contributed by atoms with Crippen LogP contribution in [0.15, 0.2) is 64.3 Å². The first-order valence-corrected chi connectivity index (χ1v) is 10.6. The highest BCUT2D eigenvalue weighted by Crippen LogP contribution is 2.48. The lowest BCUT2D eigenvalue weighted by molar-refractivity contribution is 0.364. The predicted molar refractivity (Wildman–Crippen MR) is 118 cm³/mol. The predicted octanol–water partition coefficient (Wildman–Crippen LogP) is 4.47. The zero-order valence-corrected chi connectivity index (χ0v) is 17.7. The van der Waals surface area contributed by atoms with E-state index >= 15 is 0 Å². The molecule has 0 bridgehead atoms. The van der Waals surface area contributed by atoms with E-state index in [9.17, 15) is 4.79 Å². The second-order valence-electron chi connectivity index (χ2n) is 7.66. The number of halogens is 1. The van der Waals surface area contributed by atoms with Gasteiger partial charge in [-0.25, -0.2) is 9.97 Å². The zero-order chi connectivity index (χ0) is 21.4. The third-order valence-electron chi connectivity index (χ3n) is 5.55. The third kappa shape index (κ3) is 4.01. The van der Waals surface area contributed by atoms with Crippen LogP contribution in [0.25, 0.3) is 16.6 Å². The van der Waals surface area contributed by atoms with Gasteiger partial charge < -0.3 is 4.52 Å². The molecule has 31 heavy (non-hydrogen) atoms. The van der Waals surface area contributed by atoms with E-state index in [4.69, 9.17) is 16.1 Å². The fourth-order valence-electron chi connectivity index (χ4n) is 3.80. The minimum absolute atomic E-state index is 0.180. The quantitative estimate of drug-likeness (QED) is 0.445. The monoisotopic (exact) mass is 433 g/mol. The van der Waals surface area contributed by atoms with Crippen LogP contribution in [0.5, 0.6) is 0 Å². The Hall–Kier alpha value is -3.32. The Labute approximate surface area is 183 Å². The highest BCUT2D eigenvalue weighted by Gasteiger charge is 2.40. The molecule has 3 aromatic heterocycles. The molecule has 156 valence electrons. The van der Waals surface area contributed by atoms with E-state index in [0.29, 0.717) is 28.7 Å². The summed E-state index contributed by atoms with van der Waals surface area (Å²) in [5.74, 6) is 1.67. The lowest BCUT2D eigenvalue weighted by Crippen LogP contribution is -2.21. The number of hydrogen-bond donors (Lipinski definition) is 0. The molecular formula is C23H20ClN5O2. The fraction of sp³-hybridized carbons (Fsp3) is 0.261. The van der Waals surface area contributed by atoms with E-state index in [0.717, 1.165) is 23.4 Å². The Morgan fingerprint density at radius 2 is 2.19 bits per heavy atom. The van der Waals surface area contributed by atoms with Crippen molar-refractivity contribution in [3.63, 3.8) is 0 Å². The fourth-order valence-corrected chi connectivity index (χ4v) is 3.99. The van der Waals surface area contributed by atoms with Crippen molar-refractivity contribution in [3.8, 4) is 0 Å². The van der Waals surface area contributed by atoms with Crippen LogP contribution in [0.3, 0.4) is 0 Å². The standard InChI is InChI=1S/C23H20ClN5O2/c1-2-14(15-5-3-6-17(24)10-15)9-16-11-19(16)22-27-20(31-28-22)12-29-13-26-21-18(23(29)30)7-4-8-25-21/h3-10,13,16,19H,2,11-12H2,1H3/b14-9+/t16-,19-/m1/s1. The molecular weight excluding hydrogens is 414 g/mol. The highest BCUT2D eigenvalue weighted by atomic mass is 35.5. The number of hydrogen-bond acceptors (Lipinski definition) is 6. The molecule has 0 amide bonds. The molecule has 1 aliphatic carbocycles. The molecule has 0 spiro atoms. The summed E-state index contributed by atoms with van der Waals surface area (Å²) in [5, 5.41) is 5.35. The summed E-state index contributed by atoms with van der Waals surface area (Å²) in [6.45, 7) is 2.32. The van der Waals surface area contributed by atoms with E-state index in [-0.39, 0.29) is 18.0 Å². The van der Waals surface area contributed by atoms with Crippen LogP contribution in [0, 0.1) is 5.92 Å². The van der Waals surface area contributed by atoms with E-state index in [1.807, 2.05) is 18.2 Å². The van der Waals surface area contributed by atoms with Crippen LogP contribution < -0.4 is 5.56 Å². The van der Waals surface area contributed by atoms with Crippen LogP contribution in [0.1, 0.15) is 43.0 Å². The minimum atomic E-state index is -0.181. The SMILES string of the molecule is CC/C(=C\[C@@H]1C[C@H]1c1noc(Cn2cnc3ncccc3c2=O)n1)c1cccc(Cl)c1. The van der Waals surface area contributed by atoms with Gasteiger partial charge in [-0.2, -0.15) is 4.98 Å². The third-order valence-corrected chi connectivity index (χ3v) is 5.78. The maximum Gasteiger partial charge on any atom is 0.263 e. The molecule has 3 heterocycles. The van der Waals surface area contributed by atoms with Crippen molar-refractivity contribution in [2.45, 2.75) is 32.2 Å². The summed E-state index contributed by atoms with van der Waals surface area (Å²) in [5.41, 5.74) is 2.65. The average molecular weight is 434 g/mol. The molecule has 0 unspecified atom stereocenters. The Morgan fingerprint density at radius 3 is 3.03 bits per heavy atom. The molecule has 4 aromatic rings. The summed E-state index contributed by atoms with van der Waals surface area (Å²) in [7, 11) is 0. The van der Waals surface area contributed by atoms with E-state index < -0.39 is 0 Å². The van der Waals surface area contributed by atoms with Crippen molar-refractivity contribution < 1.29 is 4.52 Å². The lowest BCUT2D eigenvalue weighted by atomic mass is 10.0. The van der Waals surface area contributed by atoms with E-state index in [1.54, 1.807) is 18.3 Å². The highest BCUT2D eigenvalue weighted by molar-refractivity contribution is 6.30. The van der Waals surface area contributed by atoms with Gasteiger partial charge >= 0.3 is 0 Å². The topological polar surface area (TPSA) is 86.7 Å². The summed E-state index contributed by atoms with van der Waals surface area (Å²) >= 11 is 6.14. The first-order chi connectivity index (χ1) is 15.1. The second-order valence-corrected chi connectivity index (χ2v) is 8.10. The molecule has 8 heteroatoms. The molecule has 1 aliphatic rings. The second kappa shape index (κ2) is 8.07. The maximum absolute atomic E-state index is 12.6. The van der Waals surface area contributed by atoms with Gasteiger partial charge in [0.05, 0.1) is 5.39 Å². The Morgan fingerprint density at radius 1 is 1.29 bits per heavy atom. The van der Waals surface area contributed by atoms with Gasteiger partial charge in [-0.05, 0) is 54.2 Å². The van der Waals surface area contributed by atoms with Crippen molar-refractivity contribution in [1.29, 1.82) is 0 Å². The number of benzene rings is 1. The minimum Gasteiger partial charge on any atom is -0.337 e. The Bertz CT molecular complexity index is 1340. The van der Waals surface area contributed by atoms with E-state index in [1.165, 1.54) is 16.5 Å². The van der Waals surface area contributed by atoms with Gasteiger partial charge in [-0.1, -0.05) is 41.9 Å². The van der Waals surface area contributed by atoms with Crippen LogP contribution >= 0.6 is 11.6 Å². The van der Waals surface area contributed by atoms with Crippen molar-refractivity contribution in [1.82, 2.24) is 24.7 Å². The molecule has 0 aliphatic heterocycles. The van der Waals surface area contributed by atoms with Crippen LogP contribution in [-0.4, -0.2) is 24.7 Å². The van der Waals surface area contributed by atoms with Gasteiger partial charge in [0.2, 0.25) is 5.89 Å². The molecule has 1 saturated carbocycles. The molecule has 0 N–H and O–H groups in total. The smallest absolute Gasteiger partial charge is 0.263 e. The molecule has 0 radical (unpaired) electrons. The van der Waals surface area contributed by atoms with Crippen LogP contribution in [0.4, 0.5) is 0 Å². The average Bonchev–Trinajstić information content (AvgIpc) is 3.40. The lowest BCUT2D eigenvalue weighted by Gasteiger charge is -2.05. The van der Waals surface area contributed by atoms with Gasteiger partial charge in [-0.15, -0.1) is 0 Å². The first-order valence-electron chi connectivity index (χ1n) is 10.2. The van der Waals surface area contributed by atoms with Crippen LogP contribution in [-0.2, 0) is 6.54 Å². The Kier molecular flexibility index (Phi) is 5.11. The van der Waals surface area contributed by atoms with Gasteiger partial charge in [0.15, 0.2) is 11.5 Å². The molecule has 5 rings (SSSR count). The maximum atomic E-state index is 12.6. The largest absolute Gasteiger partial charge is 0.337 e. The number of fused-ring (bicyclic) bond motifs is 1. The number of pyridine rings is 1. The molecule has 0 saturated heterocycles. The molecule has 1 aromatic carbocycles. The summed E-state index contributed by atoms with van der Waals surface area (Å²) < 4.78 is 6.87. The van der Waals surface area contributed by atoms with Gasteiger partial charge in [0.25, 0.3) is 5.56 Å². The number of allylic oxidation sites excluding steroid dienone is 2. The van der Waals surface area contributed by atoms with Crippen molar-refractivity contribution in [3.05, 3.63) is 87.7 Å². The zero-order valence-electron chi connectivity index (χ0n) is 16.9. The van der Waals surface area contributed by atoms with Crippen LogP contribution in [0.2, 0.25) is 5.02 Å². The molecule has 2 atom stereocenters. The summed E-state index contributed by atoms with van der Waals surface area (Å²) in [6, 6.07) is 11.3. The summed E-state index contributed by atoms with van der Waals surface area (Å²) in [6.07, 6.45) is 7.26. The molecule has 7 nitrogen and oxygen atoms in total. The normalized spacial score (nSPS) is 18.5. The number of nitrogens with zero attached hydrogens (tertiary/aromatic N) is 5. The van der Waals surface area contributed by atoms with Crippen molar-refractivity contribution >= 4 is 28.2 Å². The number of rotatable bonds is 6. The Balaban J connectivity index is 1.32. The van der Waals surface area contributed by atoms with Gasteiger partial charge in [-0.3, -0.25) is 9.36 Å². The van der Waals surface area contributed by atoms with Crippen molar-refractivity contribution in [2.75, 3.05) is 0 Å².